The van der Waals surface area contributed by atoms with Gasteiger partial charge in [0.25, 0.3) is 5.71 Å². The van der Waals surface area contributed by atoms with Crippen molar-refractivity contribution in [1.82, 2.24) is 14.5 Å². The van der Waals surface area contributed by atoms with E-state index in [-0.39, 0.29) is 16.9 Å². The highest BCUT2D eigenvalue weighted by Crippen LogP contribution is 2.40. The van der Waals surface area contributed by atoms with Gasteiger partial charge in [-0.2, -0.15) is 20.5 Å². The molecule has 168 valence electrons. The van der Waals surface area contributed by atoms with Crippen LogP contribution < -0.4 is 0 Å². The van der Waals surface area contributed by atoms with Gasteiger partial charge in [0, 0.05) is 28.0 Å². The van der Waals surface area contributed by atoms with Gasteiger partial charge in [-0.1, -0.05) is 60.7 Å². The molecule has 1 aliphatic rings. The van der Waals surface area contributed by atoms with Crippen LogP contribution >= 0.6 is 0 Å². The van der Waals surface area contributed by atoms with Crippen molar-refractivity contribution < 1.29 is 9.21 Å². The number of nitriles is 2. The highest BCUT2D eigenvalue weighted by molar-refractivity contribution is 6.29. The van der Waals surface area contributed by atoms with Crippen LogP contribution in [-0.2, 0) is 0 Å². The SMILES string of the molecule is N#CC(C#N)=C1/C(=C/c2nc3oc(-c4ccccc4)nc3n2-c2ccccc2)C(=O)c2ccccc21. The molecular weight excluding hydrogens is 450 g/mol. The van der Waals surface area contributed by atoms with Crippen molar-refractivity contribution in [3.05, 3.63) is 113 Å². The number of aromatic nitrogens is 3. The number of fused-ring (bicyclic) bond motifs is 2. The third kappa shape index (κ3) is 3.24. The van der Waals surface area contributed by atoms with Crippen LogP contribution in [0.15, 0.2) is 100 Å². The van der Waals surface area contributed by atoms with E-state index >= 15 is 0 Å². The molecule has 3 aromatic carbocycles. The van der Waals surface area contributed by atoms with Crippen LogP contribution in [-0.4, -0.2) is 20.3 Å². The van der Waals surface area contributed by atoms with E-state index in [1.165, 1.54) is 0 Å². The van der Waals surface area contributed by atoms with Gasteiger partial charge in [-0.15, -0.1) is 0 Å². The fraction of sp³-hybridized carbons (Fsp3) is 0. The Morgan fingerprint density at radius 3 is 2.17 bits per heavy atom. The maximum atomic E-state index is 13.4. The topological polar surface area (TPSA) is 108 Å². The molecule has 0 bridgehead atoms. The quantitative estimate of drug-likeness (QED) is 0.247. The Balaban J connectivity index is 1.61. The average Bonchev–Trinajstić information content (AvgIpc) is 3.57. The Bertz CT molecular complexity index is 1790. The number of Topliss-reactive ketones (excluding diaryl/α,β-unsaturated/α-hetero) is 1. The Morgan fingerprint density at radius 1 is 0.833 bits per heavy atom. The molecule has 0 radical (unpaired) electrons. The third-order valence-electron chi connectivity index (χ3n) is 5.99. The number of ketones is 1. The molecule has 6 rings (SSSR count). The summed E-state index contributed by atoms with van der Waals surface area (Å²) in [5.41, 5.74) is 3.76. The zero-order valence-electron chi connectivity index (χ0n) is 18.7. The summed E-state index contributed by atoms with van der Waals surface area (Å²) >= 11 is 0. The highest BCUT2D eigenvalue weighted by Gasteiger charge is 2.33. The molecular formula is C29H15N5O2. The molecule has 0 N–H and O–H groups in total. The molecule has 1 aliphatic carbocycles. The normalized spacial score (nSPS) is 13.6. The number of imidazole rings is 1. The average molecular weight is 465 g/mol. The van der Waals surface area contributed by atoms with E-state index in [4.69, 9.17) is 9.40 Å². The van der Waals surface area contributed by atoms with Crippen molar-refractivity contribution in [3.63, 3.8) is 0 Å². The molecule has 7 heteroatoms. The summed E-state index contributed by atoms with van der Waals surface area (Å²) in [6.07, 6.45) is 1.60. The Morgan fingerprint density at radius 2 is 1.47 bits per heavy atom. The lowest BCUT2D eigenvalue weighted by atomic mass is 9.99. The number of nitrogens with zero attached hydrogens (tertiary/aromatic N) is 5. The summed E-state index contributed by atoms with van der Waals surface area (Å²) in [6, 6.07) is 29.8. The predicted octanol–water partition coefficient (Wildman–Crippen LogP) is 5.76. The molecule has 0 aliphatic heterocycles. The fourth-order valence-electron chi connectivity index (χ4n) is 4.39. The van der Waals surface area contributed by atoms with Crippen molar-refractivity contribution in [3.8, 4) is 29.3 Å². The monoisotopic (exact) mass is 465 g/mol. The Labute approximate surface area is 205 Å². The number of allylic oxidation sites excluding steroid dienone is 3. The summed E-state index contributed by atoms with van der Waals surface area (Å²) in [5.74, 6) is 0.546. The summed E-state index contributed by atoms with van der Waals surface area (Å²) in [4.78, 5) is 22.8. The molecule has 5 aromatic rings. The van der Waals surface area contributed by atoms with Crippen LogP contribution in [0.25, 0.3) is 40.2 Å². The van der Waals surface area contributed by atoms with E-state index in [9.17, 15) is 15.3 Å². The third-order valence-corrected chi connectivity index (χ3v) is 5.99. The summed E-state index contributed by atoms with van der Waals surface area (Å²) in [5, 5.41) is 19.2. The maximum absolute atomic E-state index is 13.4. The number of benzene rings is 3. The molecule has 0 fully saturated rings. The lowest BCUT2D eigenvalue weighted by molar-refractivity contribution is 0.104. The number of carbonyl (C=O) groups is 1. The van der Waals surface area contributed by atoms with Crippen molar-refractivity contribution >= 4 is 28.8 Å². The maximum Gasteiger partial charge on any atom is 0.267 e. The molecule has 0 spiro atoms. The fourth-order valence-corrected chi connectivity index (χ4v) is 4.39. The molecule has 36 heavy (non-hydrogen) atoms. The van der Waals surface area contributed by atoms with Crippen molar-refractivity contribution in [2.24, 2.45) is 0 Å². The van der Waals surface area contributed by atoms with E-state index in [2.05, 4.69) is 4.98 Å². The first-order chi connectivity index (χ1) is 17.7. The first-order valence-electron chi connectivity index (χ1n) is 11.1. The first kappa shape index (κ1) is 21.0. The zero-order valence-corrected chi connectivity index (χ0v) is 18.7. The van der Waals surface area contributed by atoms with Gasteiger partial charge in [0.1, 0.15) is 23.5 Å². The second kappa shape index (κ2) is 8.35. The van der Waals surface area contributed by atoms with Gasteiger partial charge in [-0.25, -0.2) is 0 Å². The summed E-state index contributed by atoms with van der Waals surface area (Å²) in [6.45, 7) is 0. The molecule has 0 amide bonds. The summed E-state index contributed by atoms with van der Waals surface area (Å²) in [7, 11) is 0. The first-order valence-corrected chi connectivity index (χ1v) is 11.1. The van der Waals surface area contributed by atoms with Crippen LogP contribution in [0.1, 0.15) is 21.7 Å². The standard InChI is InChI=1S/C29H15N5O2/c30-16-19(17-31)25-21-13-7-8-14-22(21)26(35)23(25)15-24-32-29-27(34(24)20-11-5-2-6-12-20)33-28(36-29)18-9-3-1-4-10-18/h1-15H/b23-15-. The van der Waals surface area contributed by atoms with E-state index in [1.807, 2.05) is 72.8 Å². The van der Waals surface area contributed by atoms with Gasteiger partial charge < -0.3 is 4.42 Å². The lowest BCUT2D eigenvalue weighted by Gasteiger charge is -2.07. The van der Waals surface area contributed by atoms with E-state index in [1.54, 1.807) is 34.9 Å². The molecule has 0 saturated carbocycles. The largest absolute Gasteiger partial charge is 0.416 e. The van der Waals surface area contributed by atoms with E-state index in [0.29, 0.717) is 39.8 Å². The van der Waals surface area contributed by atoms with Crippen molar-refractivity contribution in [1.29, 1.82) is 10.5 Å². The van der Waals surface area contributed by atoms with Crippen molar-refractivity contribution in [2.75, 3.05) is 0 Å². The van der Waals surface area contributed by atoms with Crippen LogP contribution in [0.3, 0.4) is 0 Å². The minimum Gasteiger partial charge on any atom is -0.416 e. The van der Waals surface area contributed by atoms with Gasteiger partial charge in [0.2, 0.25) is 11.5 Å². The second-order valence-electron chi connectivity index (χ2n) is 8.06. The van der Waals surface area contributed by atoms with E-state index < -0.39 is 0 Å². The minimum atomic E-state index is -0.277. The van der Waals surface area contributed by atoms with Crippen molar-refractivity contribution in [2.45, 2.75) is 0 Å². The number of carbonyl (C=O) groups excluding carboxylic acids is 1. The number of hydrogen-bond acceptors (Lipinski definition) is 6. The number of rotatable bonds is 3. The second-order valence-corrected chi connectivity index (χ2v) is 8.06. The van der Waals surface area contributed by atoms with E-state index in [0.717, 1.165) is 11.3 Å². The molecule has 0 atom stereocenters. The van der Waals surface area contributed by atoms with Gasteiger partial charge in [0.05, 0.1) is 0 Å². The van der Waals surface area contributed by atoms with Gasteiger partial charge in [-0.3, -0.25) is 9.36 Å². The summed E-state index contributed by atoms with van der Waals surface area (Å²) < 4.78 is 7.79. The smallest absolute Gasteiger partial charge is 0.267 e. The number of para-hydroxylation sites is 1. The predicted molar refractivity (Wildman–Crippen MR) is 133 cm³/mol. The Hall–Kier alpha value is -5.53. The number of hydrogen-bond donors (Lipinski definition) is 0. The number of oxazole rings is 1. The Kier molecular flexibility index (Phi) is 4.88. The van der Waals surface area contributed by atoms with Crippen LogP contribution in [0, 0.1) is 22.7 Å². The molecule has 2 heterocycles. The van der Waals surface area contributed by atoms with Gasteiger partial charge in [-0.05, 0) is 35.9 Å². The van der Waals surface area contributed by atoms with Crippen LogP contribution in [0.5, 0.6) is 0 Å². The molecule has 2 aromatic heterocycles. The molecule has 7 nitrogen and oxygen atoms in total. The van der Waals surface area contributed by atoms with Crippen LogP contribution in [0.2, 0.25) is 0 Å². The highest BCUT2D eigenvalue weighted by atomic mass is 16.4. The molecule has 0 unspecified atom stereocenters. The lowest BCUT2D eigenvalue weighted by Crippen LogP contribution is -2.01. The van der Waals surface area contributed by atoms with Gasteiger partial charge in [0.15, 0.2) is 5.78 Å². The van der Waals surface area contributed by atoms with Gasteiger partial charge >= 0.3 is 0 Å². The molecule has 0 saturated heterocycles. The zero-order chi connectivity index (χ0) is 24.6. The minimum absolute atomic E-state index is 0.134. The van der Waals surface area contributed by atoms with Crippen LogP contribution in [0.4, 0.5) is 0 Å².